The van der Waals surface area contributed by atoms with Crippen LogP contribution < -0.4 is 10.6 Å². The molecule has 1 aliphatic rings. The molecule has 0 bridgehead atoms. The maximum absolute atomic E-state index is 11.8. The molecule has 1 aromatic carbocycles. The van der Waals surface area contributed by atoms with Gasteiger partial charge in [0.1, 0.15) is 0 Å². The molecule has 1 heterocycles. The van der Waals surface area contributed by atoms with Crippen molar-refractivity contribution >= 4 is 17.3 Å². The average molecular weight is 218 g/mol. The van der Waals surface area contributed by atoms with Gasteiger partial charge in [-0.05, 0) is 30.2 Å². The highest BCUT2D eigenvalue weighted by Gasteiger charge is 2.26. The van der Waals surface area contributed by atoms with Crippen molar-refractivity contribution in [3.63, 3.8) is 0 Å². The van der Waals surface area contributed by atoms with Gasteiger partial charge in [0.25, 0.3) is 0 Å². The van der Waals surface area contributed by atoms with Crippen molar-refractivity contribution in [2.45, 2.75) is 32.6 Å². The van der Waals surface area contributed by atoms with Gasteiger partial charge in [-0.1, -0.05) is 19.8 Å². The molecule has 3 heteroatoms. The van der Waals surface area contributed by atoms with Crippen LogP contribution in [0.4, 0.5) is 11.4 Å². The highest BCUT2D eigenvalue weighted by atomic mass is 16.2. The molecular weight excluding hydrogens is 200 g/mol. The zero-order chi connectivity index (χ0) is 11.5. The summed E-state index contributed by atoms with van der Waals surface area (Å²) in [5, 5.41) is 0. The van der Waals surface area contributed by atoms with E-state index in [2.05, 4.69) is 6.92 Å². The minimum atomic E-state index is 0.205. The first kappa shape index (κ1) is 11.0. The molecule has 0 fully saturated rings. The smallest absolute Gasteiger partial charge is 0.231 e. The molecule has 1 aliphatic heterocycles. The molecule has 0 aromatic heterocycles. The highest BCUT2D eigenvalue weighted by molar-refractivity contribution is 6.01. The average Bonchev–Trinajstić information content (AvgIpc) is 2.55. The van der Waals surface area contributed by atoms with E-state index < -0.39 is 0 Å². The van der Waals surface area contributed by atoms with E-state index in [4.69, 9.17) is 5.73 Å². The number of carbonyl (C=O) groups excluding carboxylic acids is 1. The molecule has 0 radical (unpaired) electrons. The molecule has 2 N–H and O–H groups in total. The van der Waals surface area contributed by atoms with E-state index in [0.29, 0.717) is 6.42 Å². The number of hydrogen-bond acceptors (Lipinski definition) is 2. The van der Waals surface area contributed by atoms with E-state index in [9.17, 15) is 4.79 Å². The van der Waals surface area contributed by atoms with Gasteiger partial charge in [-0.2, -0.15) is 0 Å². The Labute approximate surface area is 96.2 Å². The highest BCUT2D eigenvalue weighted by Crippen LogP contribution is 2.30. The number of amides is 1. The Morgan fingerprint density at radius 1 is 1.38 bits per heavy atom. The summed E-state index contributed by atoms with van der Waals surface area (Å²) in [4.78, 5) is 13.7. The second-order valence-corrected chi connectivity index (χ2v) is 4.32. The van der Waals surface area contributed by atoms with Crippen LogP contribution >= 0.6 is 0 Å². The van der Waals surface area contributed by atoms with Crippen LogP contribution in [0.25, 0.3) is 0 Å². The second-order valence-electron chi connectivity index (χ2n) is 4.32. The first-order valence-electron chi connectivity index (χ1n) is 5.91. The van der Waals surface area contributed by atoms with E-state index in [1.165, 1.54) is 12.8 Å². The van der Waals surface area contributed by atoms with Crippen LogP contribution in [0.2, 0.25) is 0 Å². The number of nitrogens with zero attached hydrogens (tertiary/aromatic N) is 1. The zero-order valence-electron chi connectivity index (χ0n) is 9.70. The number of fused-ring (bicyclic) bond motifs is 1. The van der Waals surface area contributed by atoms with Gasteiger partial charge in [-0.3, -0.25) is 4.79 Å². The Morgan fingerprint density at radius 3 is 2.94 bits per heavy atom. The Kier molecular flexibility index (Phi) is 3.13. The molecule has 1 amide bonds. The Hall–Kier alpha value is -1.51. The molecule has 1 aromatic rings. The molecule has 0 spiro atoms. The molecule has 16 heavy (non-hydrogen) atoms. The van der Waals surface area contributed by atoms with Crippen molar-refractivity contribution in [2.24, 2.45) is 0 Å². The van der Waals surface area contributed by atoms with Crippen LogP contribution in [0.15, 0.2) is 18.2 Å². The van der Waals surface area contributed by atoms with Gasteiger partial charge >= 0.3 is 0 Å². The van der Waals surface area contributed by atoms with Crippen molar-refractivity contribution in [2.75, 3.05) is 17.2 Å². The van der Waals surface area contributed by atoms with Crippen molar-refractivity contribution in [1.29, 1.82) is 0 Å². The first-order valence-corrected chi connectivity index (χ1v) is 5.91. The van der Waals surface area contributed by atoms with Crippen LogP contribution in [-0.4, -0.2) is 12.5 Å². The molecule has 2 rings (SSSR count). The number of hydrogen-bond donors (Lipinski definition) is 1. The van der Waals surface area contributed by atoms with Crippen LogP contribution in [0.5, 0.6) is 0 Å². The van der Waals surface area contributed by atoms with Gasteiger partial charge < -0.3 is 10.6 Å². The third-order valence-corrected chi connectivity index (χ3v) is 3.02. The number of rotatable bonds is 4. The normalized spacial score (nSPS) is 14.3. The third-order valence-electron chi connectivity index (χ3n) is 3.02. The van der Waals surface area contributed by atoms with Gasteiger partial charge in [-0.15, -0.1) is 0 Å². The minimum Gasteiger partial charge on any atom is -0.399 e. The number of unbranched alkanes of at least 4 members (excludes halogenated alkanes) is 2. The first-order chi connectivity index (χ1) is 7.72. The van der Waals surface area contributed by atoms with E-state index in [1.807, 2.05) is 23.1 Å². The van der Waals surface area contributed by atoms with Gasteiger partial charge in [0.05, 0.1) is 6.42 Å². The van der Waals surface area contributed by atoms with E-state index >= 15 is 0 Å². The number of nitrogen functional groups attached to an aromatic ring is 1. The summed E-state index contributed by atoms with van der Waals surface area (Å²) in [7, 11) is 0. The predicted octanol–water partition coefficient (Wildman–Crippen LogP) is 2.35. The maximum atomic E-state index is 11.8. The summed E-state index contributed by atoms with van der Waals surface area (Å²) in [6.07, 6.45) is 3.93. The number of carbonyl (C=O) groups is 1. The van der Waals surface area contributed by atoms with E-state index in [0.717, 1.165) is 29.9 Å². The molecule has 3 nitrogen and oxygen atoms in total. The number of nitrogens with two attached hydrogens (primary N) is 1. The fraction of sp³-hybridized carbons (Fsp3) is 0.462. The molecule has 0 unspecified atom stereocenters. The van der Waals surface area contributed by atoms with Crippen LogP contribution in [0.3, 0.4) is 0 Å². The van der Waals surface area contributed by atoms with E-state index in [-0.39, 0.29) is 5.91 Å². The van der Waals surface area contributed by atoms with Gasteiger partial charge in [0.2, 0.25) is 5.91 Å². The Bertz CT molecular complexity index is 401. The summed E-state index contributed by atoms with van der Waals surface area (Å²) in [5.74, 6) is 0.205. The minimum absolute atomic E-state index is 0.205. The van der Waals surface area contributed by atoms with Gasteiger partial charge in [0, 0.05) is 17.9 Å². The molecule has 86 valence electrons. The van der Waals surface area contributed by atoms with Crippen molar-refractivity contribution in [1.82, 2.24) is 0 Å². The molecule has 0 aliphatic carbocycles. The summed E-state index contributed by atoms with van der Waals surface area (Å²) in [5.41, 5.74) is 8.57. The quantitative estimate of drug-likeness (QED) is 0.623. The fourth-order valence-electron chi connectivity index (χ4n) is 2.17. The van der Waals surface area contributed by atoms with Crippen molar-refractivity contribution in [3.05, 3.63) is 23.8 Å². The Balaban J connectivity index is 2.13. The zero-order valence-corrected chi connectivity index (χ0v) is 9.70. The van der Waals surface area contributed by atoms with Crippen molar-refractivity contribution in [3.8, 4) is 0 Å². The maximum Gasteiger partial charge on any atom is 0.231 e. The lowest BCUT2D eigenvalue weighted by molar-refractivity contribution is -0.117. The lowest BCUT2D eigenvalue weighted by Crippen LogP contribution is -2.27. The second kappa shape index (κ2) is 4.56. The van der Waals surface area contributed by atoms with Crippen molar-refractivity contribution < 1.29 is 4.79 Å². The Morgan fingerprint density at radius 2 is 2.19 bits per heavy atom. The third kappa shape index (κ3) is 2.03. The van der Waals surface area contributed by atoms with Gasteiger partial charge in [0.15, 0.2) is 0 Å². The lowest BCUT2D eigenvalue weighted by atomic mass is 10.1. The SMILES string of the molecule is CCCCCN1C(=O)Cc2cc(N)ccc21. The summed E-state index contributed by atoms with van der Waals surface area (Å²) in [6.45, 7) is 3.00. The van der Waals surface area contributed by atoms with Crippen LogP contribution in [-0.2, 0) is 11.2 Å². The molecular formula is C13H18N2O. The summed E-state index contributed by atoms with van der Waals surface area (Å²) >= 11 is 0. The van der Waals surface area contributed by atoms with E-state index in [1.54, 1.807) is 0 Å². The largest absolute Gasteiger partial charge is 0.399 e. The lowest BCUT2D eigenvalue weighted by Gasteiger charge is -2.17. The predicted molar refractivity (Wildman–Crippen MR) is 66.4 cm³/mol. The fourth-order valence-corrected chi connectivity index (χ4v) is 2.17. The van der Waals surface area contributed by atoms with Crippen LogP contribution in [0, 0.1) is 0 Å². The standard InChI is InChI=1S/C13H18N2O/c1-2-3-4-7-15-12-6-5-11(14)8-10(12)9-13(15)16/h5-6,8H,2-4,7,9,14H2,1H3. The molecule has 0 atom stereocenters. The number of benzene rings is 1. The summed E-state index contributed by atoms with van der Waals surface area (Å²) < 4.78 is 0. The molecule has 0 saturated heterocycles. The topological polar surface area (TPSA) is 46.3 Å². The van der Waals surface area contributed by atoms with Crippen LogP contribution in [0.1, 0.15) is 31.7 Å². The summed E-state index contributed by atoms with van der Waals surface area (Å²) in [6, 6.07) is 5.73. The van der Waals surface area contributed by atoms with Gasteiger partial charge in [-0.25, -0.2) is 0 Å². The monoisotopic (exact) mass is 218 g/mol. The number of anilines is 2. The molecule has 0 saturated carbocycles.